The van der Waals surface area contributed by atoms with Crippen LogP contribution >= 0.6 is 0 Å². The molecule has 1 heterocycles. The highest BCUT2D eigenvalue weighted by molar-refractivity contribution is 6.05. The topological polar surface area (TPSA) is 68.0 Å². The van der Waals surface area contributed by atoms with Gasteiger partial charge in [0.05, 0.1) is 18.4 Å². The zero-order chi connectivity index (χ0) is 15.2. The number of hydrogen-bond donors (Lipinski definition) is 2. The molecule has 0 aliphatic carbocycles. The molecule has 1 amide bonds. The maximum Gasteiger partial charge on any atom is 0.256 e. The second-order valence-corrected chi connectivity index (χ2v) is 4.68. The Labute approximate surface area is 124 Å². The van der Waals surface area contributed by atoms with Gasteiger partial charge in [-0.1, -0.05) is 17.9 Å². The Morgan fingerprint density at radius 2 is 2.10 bits per heavy atom. The number of carbonyl (C=O) groups excluding carboxylic acids is 1. The molecule has 0 bridgehead atoms. The number of nitrogens with zero attached hydrogens (tertiary/aromatic N) is 1. The van der Waals surface area contributed by atoms with Gasteiger partial charge >= 0.3 is 0 Å². The van der Waals surface area contributed by atoms with Crippen LogP contribution in [0.2, 0.25) is 0 Å². The summed E-state index contributed by atoms with van der Waals surface area (Å²) >= 11 is 0. The Morgan fingerprint density at radius 1 is 1.29 bits per heavy atom. The normalized spacial score (nSPS) is 9.67. The number of pyridine rings is 1. The van der Waals surface area contributed by atoms with Crippen LogP contribution in [0.5, 0.6) is 0 Å². The maximum absolute atomic E-state index is 12.4. The summed E-state index contributed by atoms with van der Waals surface area (Å²) < 4.78 is 0. The van der Waals surface area contributed by atoms with Gasteiger partial charge in [-0.3, -0.25) is 9.78 Å². The van der Waals surface area contributed by atoms with Crippen molar-refractivity contribution in [1.82, 2.24) is 4.98 Å². The van der Waals surface area contributed by atoms with Crippen LogP contribution in [0.25, 0.3) is 0 Å². The van der Waals surface area contributed by atoms with Crippen molar-refractivity contribution in [1.29, 1.82) is 0 Å². The van der Waals surface area contributed by atoms with Gasteiger partial charge in [0.1, 0.15) is 0 Å². The minimum Gasteiger partial charge on any atom is -0.320 e. The van der Waals surface area contributed by atoms with E-state index in [2.05, 4.69) is 22.1 Å². The molecular formula is C17H17N3O. The lowest BCUT2D eigenvalue weighted by Gasteiger charge is -2.09. The van der Waals surface area contributed by atoms with E-state index in [1.807, 2.05) is 32.0 Å². The van der Waals surface area contributed by atoms with Crippen molar-refractivity contribution < 1.29 is 4.79 Å². The highest BCUT2D eigenvalue weighted by Gasteiger charge is 2.11. The Kier molecular flexibility index (Phi) is 4.70. The molecule has 3 N–H and O–H groups in total. The molecule has 2 aromatic rings. The van der Waals surface area contributed by atoms with E-state index in [-0.39, 0.29) is 5.91 Å². The number of hydrogen-bond acceptors (Lipinski definition) is 3. The molecule has 0 spiro atoms. The number of rotatable bonds is 2. The summed E-state index contributed by atoms with van der Waals surface area (Å²) in [5.41, 5.74) is 9.31. The first-order chi connectivity index (χ1) is 10.1. The number of carbonyl (C=O) groups is 1. The smallest absolute Gasteiger partial charge is 0.256 e. The van der Waals surface area contributed by atoms with Gasteiger partial charge in [0.25, 0.3) is 5.91 Å². The number of aromatic nitrogens is 1. The standard InChI is InChI=1S/C17H17N3O/c1-12-5-6-14(4-3-8-18)10-15(12)17(21)20-16-11-19-9-7-13(16)2/h5-7,9-11H,8,18H2,1-2H3,(H,20,21). The summed E-state index contributed by atoms with van der Waals surface area (Å²) in [6.07, 6.45) is 3.33. The molecule has 0 saturated heterocycles. The van der Waals surface area contributed by atoms with E-state index >= 15 is 0 Å². The molecule has 106 valence electrons. The first-order valence-electron chi connectivity index (χ1n) is 6.63. The number of nitrogens with one attached hydrogen (secondary N) is 1. The molecule has 4 heteroatoms. The second kappa shape index (κ2) is 6.69. The van der Waals surface area contributed by atoms with Gasteiger partial charge in [0.15, 0.2) is 0 Å². The van der Waals surface area contributed by atoms with E-state index in [1.165, 1.54) is 0 Å². The van der Waals surface area contributed by atoms with Gasteiger partial charge in [0.2, 0.25) is 0 Å². The molecule has 0 aliphatic rings. The van der Waals surface area contributed by atoms with Crippen LogP contribution in [-0.2, 0) is 0 Å². The molecular weight excluding hydrogens is 262 g/mol. The fourth-order valence-corrected chi connectivity index (χ4v) is 1.88. The summed E-state index contributed by atoms with van der Waals surface area (Å²) in [6.45, 7) is 4.11. The molecule has 0 saturated carbocycles. The van der Waals surface area contributed by atoms with E-state index in [0.29, 0.717) is 17.8 Å². The lowest BCUT2D eigenvalue weighted by molar-refractivity contribution is 0.102. The van der Waals surface area contributed by atoms with Crippen molar-refractivity contribution in [3.05, 3.63) is 58.9 Å². The van der Waals surface area contributed by atoms with Crippen LogP contribution < -0.4 is 11.1 Å². The molecule has 0 fully saturated rings. The van der Waals surface area contributed by atoms with Crippen LogP contribution in [-0.4, -0.2) is 17.4 Å². The van der Waals surface area contributed by atoms with Crippen molar-refractivity contribution in [3.63, 3.8) is 0 Å². The predicted molar refractivity (Wildman–Crippen MR) is 84.0 cm³/mol. The number of amides is 1. The molecule has 21 heavy (non-hydrogen) atoms. The van der Waals surface area contributed by atoms with Crippen LogP contribution in [0.15, 0.2) is 36.7 Å². The molecule has 0 aliphatic heterocycles. The van der Waals surface area contributed by atoms with Gasteiger partial charge in [-0.25, -0.2) is 0 Å². The van der Waals surface area contributed by atoms with Crippen molar-refractivity contribution >= 4 is 11.6 Å². The molecule has 0 radical (unpaired) electrons. The average Bonchev–Trinajstić information content (AvgIpc) is 2.48. The van der Waals surface area contributed by atoms with E-state index in [9.17, 15) is 4.79 Å². The van der Waals surface area contributed by atoms with Crippen LogP contribution in [0.4, 0.5) is 5.69 Å². The zero-order valence-electron chi connectivity index (χ0n) is 12.1. The fourth-order valence-electron chi connectivity index (χ4n) is 1.88. The predicted octanol–water partition coefficient (Wildman–Crippen LogP) is 2.26. The molecule has 0 unspecified atom stereocenters. The van der Waals surface area contributed by atoms with E-state index in [1.54, 1.807) is 18.5 Å². The van der Waals surface area contributed by atoms with Gasteiger partial charge < -0.3 is 11.1 Å². The Bertz CT molecular complexity index is 726. The third kappa shape index (κ3) is 3.68. The Balaban J connectivity index is 2.28. The summed E-state index contributed by atoms with van der Waals surface area (Å²) in [5, 5.41) is 2.88. The van der Waals surface area contributed by atoms with Crippen molar-refractivity contribution in [2.45, 2.75) is 13.8 Å². The van der Waals surface area contributed by atoms with Crippen molar-refractivity contribution in [2.75, 3.05) is 11.9 Å². The van der Waals surface area contributed by atoms with Crippen molar-refractivity contribution in [2.24, 2.45) is 5.73 Å². The molecule has 2 rings (SSSR count). The first kappa shape index (κ1) is 14.8. The third-order valence-corrected chi connectivity index (χ3v) is 3.10. The quantitative estimate of drug-likeness (QED) is 0.829. The maximum atomic E-state index is 12.4. The molecule has 1 aromatic carbocycles. The first-order valence-corrected chi connectivity index (χ1v) is 6.63. The third-order valence-electron chi connectivity index (χ3n) is 3.10. The average molecular weight is 279 g/mol. The fraction of sp³-hybridized carbons (Fsp3) is 0.176. The summed E-state index contributed by atoms with van der Waals surface area (Å²) in [4.78, 5) is 16.4. The minimum atomic E-state index is -0.167. The van der Waals surface area contributed by atoms with Gasteiger partial charge in [-0.2, -0.15) is 0 Å². The van der Waals surface area contributed by atoms with Gasteiger partial charge in [-0.15, -0.1) is 0 Å². The van der Waals surface area contributed by atoms with E-state index < -0.39 is 0 Å². The largest absolute Gasteiger partial charge is 0.320 e. The number of anilines is 1. The van der Waals surface area contributed by atoms with Crippen LogP contribution in [0, 0.1) is 25.7 Å². The van der Waals surface area contributed by atoms with Crippen LogP contribution in [0.1, 0.15) is 27.0 Å². The second-order valence-electron chi connectivity index (χ2n) is 4.68. The zero-order valence-corrected chi connectivity index (χ0v) is 12.1. The van der Waals surface area contributed by atoms with Gasteiger partial charge in [0, 0.05) is 17.3 Å². The minimum absolute atomic E-state index is 0.167. The van der Waals surface area contributed by atoms with E-state index in [4.69, 9.17) is 5.73 Å². The molecule has 4 nitrogen and oxygen atoms in total. The summed E-state index contributed by atoms with van der Waals surface area (Å²) in [7, 11) is 0. The highest BCUT2D eigenvalue weighted by atomic mass is 16.1. The van der Waals surface area contributed by atoms with E-state index in [0.717, 1.165) is 16.7 Å². The van der Waals surface area contributed by atoms with Crippen molar-refractivity contribution in [3.8, 4) is 11.8 Å². The van der Waals surface area contributed by atoms with Crippen LogP contribution in [0.3, 0.4) is 0 Å². The number of aryl methyl sites for hydroxylation is 2. The highest BCUT2D eigenvalue weighted by Crippen LogP contribution is 2.16. The Morgan fingerprint density at radius 3 is 2.81 bits per heavy atom. The lowest BCUT2D eigenvalue weighted by atomic mass is 10.0. The number of benzene rings is 1. The summed E-state index contributed by atoms with van der Waals surface area (Å²) in [5.74, 6) is 5.55. The number of nitrogens with two attached hydrogens (primary N) is 1. The molecule has 0 atom stereocenters. The Hall–Kier alpha value is -2.64. The van der Waals surface area contributed by atoms with Gasteiger partial charge in [-0.05, 0) is 43.2 Å². The SMILES string of the molecule is Cc1ccncc1NC(=O)c1cc(C#CCN)ccc1C. The summed E-state index contributed by atoms with van der Waals surface area (Å²) in [6, 6.07) is 7.39. The lowest BCUT2D eigenvalue weighted by Crippen LogP contribution is -2.14. The monoisotopic (exact) mass is 279 g/mol. The molecule has 1 aromatic heterocycles.